The molecule has 0 unspecified atom stereocenters. The molecule has 134 valence electrons. The van der Waals surface area contributed by atoms with Gasteiger partial charge in [-0.1, -0.05) is 6.07 Å². The highest BCUT2D eigenvalue weighted by Gasteiger charge is 2.28. The van der Waals surface area contributed by atoms with Gasteiger partial charge in [0.05, 0.1) is 7.11 Å². The lowest BCUT2D eigenvalue weighted by Gasteiger charge is -2.35. The van der Waals surface area contributed by atoms with Gasteiger partial charge >= 0.3 is 0 Å². The second kappa shape index (κ2) is 7.04. The van der Waals surface area contributed by atoms with Crippen LogP contribution in [0.5, 0.6) is 5.75 Å². The smallest absolute Gasteiger partial charge is 0.211 e. The molecule has 0 aromatic heterocycles. The van der Waals surface area contributed by atoms with Crippen molar-refractivity contribution in [2.45, 2.75) is 25.8 Å². The summed E-state index contributed by atoms with van der Waals surface area (Å²) >= 11 is 0. The predicted octanol–water partition coefficient (Wildman–Crippen LogP) is 3.41. The summed E-state index contributed by atoms with van der Waals surface area (Å²) in [6.07, 6.45) is 3.10. The number of anilines is 1. The summed E-state index contributed by atoms with van der Waals surface area (Å²) in [5, 5.41) is 6.02. The van der Waals surface area contributed by atoms with Gasteiger partial charge in [-0.2, -0.15) is 0 Å². The summed E-state index contributed by atoms with van der Waals surface area (Å²) in [5.74, 6) is 0.657. The zero-order chi connectivity index (χ0) is 18.7. The first-order chi connectivity index (χ1) is 12.4. The molecule has 0 saturated carbocycles. The van der Waals surface area contributed by atoms with Crippen LogP contribution in [0, 0.1) is 0 Å². The first kappa shape index (κ1) is 17.7. The summed E-state index contributed by atoms with van der Waals surface area (Å²) in [4.78, 5) is 23.2. The van der Waals surface area contributed by atoms with Gasteiger partial charge < -0.3 is 15.4 Å². The summed E-state index contributed by atoms with van der Waals surface area (Å²) in [7, 11) is 1.63. The highest BCUT2D eigenvalue weighted by molar-refractivity contribution is 6.08. The number of fused-ring (bicyclic) bond motifs is 1. The Bertz CT molecular complexity index is 867. The Morgan fingerprint density at radius 1 is 1.19 bits per heavy atom. The number of rotatable bonds is 5. The van der Waals surface area contributed by atoms with Crippen LogP contribution in [0.2, 0.25) is 0 Å². The first-order valence-electron chi connectivity index (χ1n) is 8.43. The normalized spacial score (nSPS) is 16.3. The van der Waals surface area contributed by atoms with E-state index in [0.717, 1.165) is 23.4 Å². The van der Waals surface area contributed by atoms with Crippen LogP contribution < -0.4 is 15.4 Å². The van der Waals surface area contributed by atoms with Gasteiger partial charge in [0.15, 0.2) is 5.78 Å². The van der Waals surface area contributed by atoms with E-state index in [-0.39, 0.29) is 11.3 Å². The molecule has 5 nitrogen and oxygen atoms in total. The lowest BCUT2D eigenvalue weighted by atomic mass is 9.85. The fraction of sp³-hybridized carbons (Fsp3) is 0.238. The molecule has 26 heavy (non-hydrogen) atoms. The number of carbonyl (C=O) groups excluding carboxylic acids is 2. The van der Waals surface area contributed by atoms with E-state index in [1.165, 1.54) is 5.56 Å². The highest BCUT2D eigenvalue weighted by atomic mass is 16.5. The average Bonchev–Trinajstić information content (AvgIpc) is 2.61. The number of nitrogens with one attached hydrogen (secondary N) is 2. The van der Waals surface area contributed by atoms with Gasteiger partial charge in [0.25, 0.3) is 0 Å². The van der Waals surface area contributed by atoms with Crippen LogP contribution in [0.3, 0.4) is 0 Å². The van der Waals surface area contributed by atoms with E-state index in [4.69, 9.17) is 4.74 Å². The zero-order valence-electron chi connectivity index (χ0n) is 15.1. The molecule has 5 heteroatoms. The molecule has 0 saturated heterocycles. The number of allylic oxidation sites excluding steroid dienone is 1. The van der Waals surface area contributed by atoms with E-state index in [1.807, 2.05) is 12.1 Å². The Morgan fingerprint density at radius 3 is 2.58 bits per heavy atom. The molecule has 2 N–H and O–H groups in total. The number of carbonyl (C=O) groups is 2. The molecule has 0 fully saturated rings. The first-order valence-corrected chi connectivity index (χ1v) is 8.43. The SMILES string of the molecule is COc1ccc2c(c1)C(=CC(=O)c1ccc(NC=O)cc1)NC(C)(C)C2. The van der Waals surface area contributed by atoms with Crippen molar-refractivity contribution < 1.29 is 14.3 Å². The lowest BCUT2D eigenvalue weighted by Crippen LogP contribution is -2.43. The molecular formula is C21H22N2O3. The molecular weight excluding hydrogens is 328 g/mol. The number of benzene rings is 2. The van der Waals surface area contributed by atoms with Crippen molar-refractivity contribution in [1.82, 2.24) is 5.32 Å². The van der Waals surface area contributed by atoms with Gasteiger partial charge in [-0.15, -0.1) is 0 Å². The summed E-state index contributed by atoms with van der Waals surface area (Å²) in [6, 6.07) is 12.8. The number of methoxy groups -OCH3 is 1. The Kier molecular flexibility index (Phi) is 4.80. The fourth-order valence-electron chi connectivity index (χ4n) is 3.17. The molecule has 1 aliphatic rings. The number of ketones is 1. The quantitative estimate of drug-likeness (QED) is 0.493. The van der Waals surface area contributed by atoms with Crippen molar-refractivity contribution in [3.8, 4) is 5.75 Å². The number of amides is 1. The molecule has 0 spiro atoms. The van der Waals surface area contributed by atoms with Crippen molar-refractivity contribution in [2.24, 2.45) is 0 Å². The van der Waals surface area contributed by atoms with E-state index >= 15 is 0 Å². The maximum Gasteiger partial charge on any atom is 0.211 e. The minimum absolute atomic E-state index is 0.100. The van der Waals surface area contributed by atoms with Crippen LogP contribution >= 0.6 is 0 Å². The Labute approximate surface area is 153 Å². The van der Waals surface area contributed by atoms with Crippen molar-refractivity contribution in [1.29, 1.82) is 0 Å². The van der Waals surface area contributed by atoms with E-state index in [1.54, 1.807) is 37.5 Å². The summed E-state index contributed by atoms with van der Waals surface area (Å²) < 4.78 is 5.33. The molecule has 2 aromatic carbocycles. The molecule has 0 aliphatic carbocycles. The van der Waals surface area contributed by atoms with Crippen LogP contribution in [-0.4, -0.2) is 24.8 Å². The van der Waals surface area contributed by atoms with Crippen LogP contribution in [0.1, 0.15) is 35.3 Å². The van der Waals surface area contributed by atoms with Crippen molar-refractivity contribution >= 4 is 23.6 Å². The predicted molar refractivity (Wildman–Crippen MR) is 102 cm³/mol. The van der Waals surface area contributed by atoms with Crippen molar-refractivity contribution in [2.75, 3.05) is 12.4 Å². The maximum absolute atomic E-state index is 12.7. The van der Waals surface area contributed by atoms with Gasteiger partial charge in [0.1, 0.15) is 5.75 Å². The third kappa shape index (κ3) is 3.77. The monoisotopic (exact) mass is 350 g/mol. The van der Waals surface area contributed by atoms with E-state index < -0.39 is 0 Å². The van der Waals surface area contributed by atoms with Crippen molar-refractivity contribution in [3.63, 3.8) is 0 Å². The Hall–Kier alpha value is -3.08. The average molecular weight is 350 g/mol. The van der Waals surface area contributed by atoms with Gasteiger partial charge in [0.2, 0.25) is 6.41 Å². The van der Waals surface area contributed by atoms with Gasteiger partial charge in [-0.25, -0.2) is 0 Å². The van der Waals surface area contributed by atoms with Gasteiger partial charge in [0, 0.05) is 34.1 Å². The molecule has 0 bridgehead atoms. The third-order valence-electron chi connectivity index (χ3n) is 4.38. The number of ether oxygens (including phenoxy) is 1. The molecule has 3 rings (SSSR count). The topological polar surface area (TPSA) is 67.4 Å². The number of hydrogen-bond acceptors (Lipinski definition) is 4. The summed E-state index contributed by atoms with van der Waals surface area (Å²) in [6.45, 7) is 4.22. The minimum Gasteiger partial charge on any atom is -0.497 e. The van der Waals surface area contributed by atoms with Crippen LogP contribution in [-0.2, 0) is 11.2 Å². The third-order valence-corrected chi connectivity index (χ3v) is 4.38. The molecule has 1 amide bonds. The molecule has 0 radical (unpaired) electrons. The zero-order valence-corrected chi connectivity index (χ0v) is 15.1. The fourth-order valence-corrected chi connectivity index (χ4v) is 3.17. The second-order valence-electron chi connectivity index (χ2n) is 6.97. The second-order valence-corrected chi connectivity index (χ2v) is 6.97. The van der Waals surface area contributed by atoms with E-state index in [2.05, 4.69) is 30.5 Å². The van der Waals surface area contributed by atoms with Crippen molar-refractivity contribution in [3.05, 3.63) is 65.2 Å². The lowest BCUT2D eigenvalue weighted by molar-refractivity contribution is -0.105. The Morgan fingerprint density at radius 2 is 1.92 bits per heavy atom. The van der Waals surface area contributed by atoms with E-state index in [9.17, 15) is 9.59 Å². The standard InChI is InChI=1S/C21H22N2O3/c1-21(2)12-15-6-9-17(26-3)10-18(15)19(23-21)11-20(25)14-4-7-16(8-5-14)22-13-24/h4-11,13,23H,12H2,1-3H3,(H,22,24). The highest BCUT2D eigenvalue weighted by Crippen LogP contribution is 2.32. The number of hydrogen-bond donors (Lipinski definition) is 2. The van der Waals surface area contributed by atoms with E-state index in [0.29, 0.717) is 17.7 Å². The van der Waals surface area contributed by atoms with Crippen LogP contribution in [0.15, 0.2) is 48.5 Å². The molecule has 2 aromatic rings. The molecule has 0 atom stereocenters. The largest absolute Gasteiger partial charge is 0.497 e. The summed E-state index contributed by atoms with van der Waals surface area (Å²) in [5.41, 5.74) is 4.01. The maximum atomic E-state index is 12.7. The van der Waals surface area contributed by atoms with Crippen LogP contribution in [0.25, 0.3) is 5.70 Å². The minimum atomic E-state index is -0.147. The molecule has 1 heterocycles. The Balaban J connectivity index is 1.96. The van der Waals surface area contributed by atoms with Crippen LogP contribution in [0.4, 0.5) is 5.69 Å². The van der Waals surface area contributed by atoms with Gasteiger partial charge in [-0.3, -0.25) is 9.59 Å². The molecule has 1 aliphatic heterocycles. The van der Waals surface area contributed by atoms with Gasteiger partial charge in [-0.05, 0) is 62.2 Å².